The molecule has 2 aromatic heterocycles. The molecule has 26 heavy (non-hydrogen) atoms. The number of hydrogen-bond donors (Lipinski definition) is 1. The van der Waals surface area contributed by atoms with Gasteiger partial charge in [0, 0.05) is 45.0 Å². The molecular formula is C15H20N6O3S2. The molecule has 0 aromatic carbocycles. The van der Waals surface area contributed by atoms with Gasteiger partial charge in [0.05, 0.1) is 0 Å². The Hall–Kier alpha value is -2.11. The molecule has 0 aliphatic carbocycles. The van der Waals surface area contributed by atoms with Crippen LogP contribution in [0.15, 0.2) is 29.4 Å². The molecule has 3 rings (SSSR count). The minimum atomic E-state index is -3.58. The Labute approximate surface area is 156 Å². The fraction of sp³-hybridized carbons (Fsp3) is 0.467. The van der Waals surface area contributed by atoms with E-state index in [9.17, 15) is 13.2 Å². The second-order valence-corrected chi connectivity index (χ2v) is 8.76. The molecule has 1 saturated heterocycles. The maximum atomic E-state index is 12.6. The summed E-state index contributed by atoms with van der Waals surface area (Å²) in [5.74, 6) is 0. The minimum Gasteiger partial charge on any atom is -0.322 e. The summed E-state index contributed by atoms with van der Waals surface area (Å²) >= 11 is 1.36. The van der Waals surface area contributed by atoms with Gasteiger partial charge in [-0.3, -0.25) is 10.3 Å². The third-order valence-corrected chi connectivity index (χ3v) is 6.72. The second-order valence-electron chi connectivity index (χ2n) is 5.76. The van der Waals surface area contributed by atoms with Crippen LogP contribution in [0.3, 0.4) is 0 Å². The number of nitrogens with one attached hydrogen (secondary N) is 1. The lowest BCUT2D eigenvalue weighted by molar-refractivity contribution is 0.184. The van der Waals surface area contributed by atoms with E-state index in [1.807, 2.05) is 0 Å². The van der Waals surface area contributed by atoms with E-state index in [4.69, 9.17) is 0 Å². The molecule has 0 saturated carbocycles. The van der Waals surface area contributed by atoms with E-state index in [-0.39, 0.29) is 24.0 Å². The Morgan fingerprint density at radius 3 is 2.69 bits per heavy atom. The molecule has 0 atom stereocenters. The van der Waals surface area contributed by atoms with Crippen molar-refractivity contribution in [1.29, 1.82) is 0 Å². The highest BCUT2D eigenvalue weighted by molar-refractivity contribution is 7.89. The SMILES string of the molecule is CCCc1nnc(NC(=O)N2CCN(S(=O)(=O)c3cccnc3)CC2)s1. The summed E-state index contributed by atoms with van der Waals surface area (Å²) in [7, 11) is -3.58. The van der Waals surface area contributed by atoms with Gasteiger partial charge < -0.3 is 4.90 Å². The number of rotatable bonds is 5. The molecule has 1 N–H and O–H groups in total. The second kappa shape index (κ2) is 8.06. The number of anilines is 1. The number of hydrogen-bond acceptors (Lipinski definition) is 7. The smallest absolute Gasteiger partial charge is 0.322 e. The van der Waals surface area contributed by atoms with Crippen molar-refractivity contribution in [3.8, 4) is 0 Å². The molecule has 1 fully saturated rings. The predicted molar refractivity (Wildman–Crippen MR) is 97.5 cm³/mol. The van der Waals surface area contributed by atoms with Gasteiger partial charge in [0.2, 0.25) is 15.2 Å². The number of sulfonamides is 1. The lowest BCUT2D eigenvalue weighted by atomic mass is 10.4. The molecule has 2 amide bonds. The number of carbonyl (C=O) groups is 1. The van der Waals surface area contributed by atoms with Crippen LogP contribution in [-0.2, 0) is 16.4 Å². The molecule has 1 aliphatic heterocycles. The molecule has 1 aliphatic rings. The van der Waals surface area contributed by atoms with Crippen molar-refractivity contribution in [2.75, 3.05) is 31.5 Å². The lowest BCUT2D eigenvalue weighted by Crippen LogP contribution is -2.51. The fourth-order valence-corrected chi connectivity index (χ4v) is 4.79. The first-order chi connectivity index (χ1) is 12.5. The van der Waals surface area contributed by atoms with Crippen molar-refractivity contribution in [3.63, 3.8) is 0 Å². The number of pyridine rings is 1. The van der Waals surface area contributed by atoms with E-state index in [0.29, 0.717) is 18.2 Å². The first-order valence-corrected chi connectivity index (χ1v) is 10.5. The van der Waals surface area contributed by atoms with Crippen molar-refractivity contribution in [2.45, 2.75) is 24.7 Å². The van der Waals surface area contributed by atoms with Crippen LogP contribution in [0.2, 0.25) is 0 Å². The number of carbonyl (C=O) groups excluding carboxylic acids is 1. The fourth-order valence-electron chi connectivity index (χ4n) is 2.57. The largest absolute Gasteiger partial charge is 0.323 e. The zero-order valence-electron chi connectivity index (χ0n) is 14.3. The third kappa shape index (κ3) is 4.17. The minimum absolute atomic E-state index is 0.162. The highest BCUT2D eigenvalue weighted by Gasteiger charge is 2.30. The number of aromatic nitrogens is 3. The van der Waals surface area contributed by atoms with Gasteiger partial charge in [-0.15, -0.1) is 10.2 Å². The van der Waals surface area contributed by atoms with E-state index >= 15 is 0 Å². The molecule has 0 bridgehead atoms. The molecule has 9 nitrogen and oxygen atoms in total. The van der Waals surface area contributed by atoms with Crippen LogP contribution in [0.1, 0.15) is 18.4 Å². The molecule has 140 valence electrons. The molecular weight excluding hydrogens is 376 g/mol. The average molecular weight is 396 g/mol. The van der Waals surface area contributed by atoms with Gasteiger partial charge in [-0.1, -0.05) is 18.3 Å². The molecule has 11 heteroatoms. The Balaban J connectivity index is 1.57. The van der Waals surface area contributed by atoms with Gasteiger partial charge >= 0.3 is 6.03 Å². The maximum absolute atomic E-state index is 12.6. The predicted octanol–water partition coefficient (Wildman–Crippen LogP) is 1.42. The van der Waals surface area contributed by atoms with Crippen LogP contribution in [0.4, 0.5) is 9.93 Å². The van der Waals surface area contributed by atoms with Crippen LogP contribution in [0, 0.1) is 0 Å². The van der Waals surface area contributed by atoms with Crippen LogP contribution < -0.4 is 5.32 Å². The van der Waals surface area contributed by atoms with Crippen LogP contribution in [0.25, 0.3) is 0 Å². The van der Waals surface area contributed by atoms with Crippen molar-refractivity contribution in [2.24, 2.45) is 0 Å². The topological polar surface area (TPSA) is 108 Å². The summed E-state index contributed by atoms with van der Waals surface area (Å²) in [5, 5.41) is 12.1. The van der Waals surface area contributed by atoms with Gasteiger partial charge in [-0.25, -0.2) is 13.2 Å². The monoisotopic (exact) mass is 396 g/mol. The van der Waals surface area contributed by atoms with Crippen molar-refractivity contribution >= 4 is 32.5 Å². The molecule has 0 radical (unpaired) electrons. The summed E-state index contributed by atoms with van der Waals surface area (Å²) in [5.41, 5.74) is 0. The van der Waals surface area contributed by atoms with Crippen LogP contribution >= 0.6 is 11.3 Å². The lowest BCUT2D eigenvalue weighted by Gasteiger charge is -2.33. The standard InChI is InChI=1S/C15H20N6O3S2/c1-2-4-13-18-19-14(25-13)17-15(22)20-7-9-21(10-8-20)26(23,24)12-5-3-6-16-11-12/h3,5-6,11H,2,4,7-10H2,1H3,(H,17,19,22). The number of amides is 2. The Kier molecular flexibility index (Phi) is 5.79. The van der Waals surface area contributed by atoms with E-state index in [1.165, 1.54) is 34.1 Å². The normalized spacial score (nSPS) is 15.8. The number of nitrogens with zero attached hydrogens (tertiary/aromatic N) is 5. The first-order valence-electron chi connectivity index (χ1n) is 8.29. The maximum Gasteiger partial charge on any atom is 0.323 e. The Morgan fingerprint density at radius 2 is 2.04 bits per heavy atom. The highest BCUT2D eigenvalue weighted by Crippen LogP contribution is 2.19. The molecule has 3 heterocycles. The zero-order valence-corrected chi connectivity index (χ0v) is 16.0. The van der Waals surface area contributed by atoms with Gasteiger partial charge in [0.25, 0.3) is 0 Å². The summed E-state index contributed by atoms with van der Waals surface area (Å²) < 4.78 is 26.5. The van der Waals surface area contributed by atoms with Crippen LogP contribution in [0.5, 0.6) is 0 Å². The van der Waals surface area contributed by atoms with Gasteiger partial charge in [-0.05, 0) is 18.6 Å². The van der Waals surface area contributed by atoms with E-state index in [2.05, 4.69) is 27.4 Å². The van der Waals surface area contributed by atoms with Crippen molar-refractivity contribution in [1.82, 2.24) is 24.4 Å². The van der Waals surface area contributed by atoms with E-state index in [0.717, 1.165) is 17.8 Å². The van der Waals surface area contributed by atoms with Gasteiger partial charge in [0.15, 0.2) is 0 Å². The van der Waals surface area contributed by atoms with Crippen LogP contribution in [-0.4, -0.2) is 65.0 Å². The summed E-state index contributed by atoms with van der Waals surface area (Å²) in [6.45, 7) is 3.15. The van der Waals surface area contributed by atoms with Gasteiger partial charge in [-0.2, -0.15) is 4.31 Å². The number of urea groups is 1. The third-order valence-electron chi connectivity index (χ3n) is 3.94. The number of aryl methyl sites for hydroxylation is 1. The molecule has 2 aromatic rings. The van der Waals surface area contributed by atoms with E-state index < -0.39 is 10.0 Å². The van der Waals surface area contributed by atoms with Crippen molar-refractivity contribution in [3.05, 3.63) is 29.5 Å². The molecule has 0 unspecified atom stereocenters. The summed E-state index contributed by atoms with van der Waals surface area (Å²) in [4.78, 5) is 17.9. The highest BCUT2D eigenvalue weighted by atomic mass is 32.2. The number of piperazine rings is 1. The summed E-state index contributed by atoms with van der Waals surface area (Å²) in [6, 6.07) is 2.82. The first kappa shape index (κ1) is 18.7. The Morgan fingerprint density at radius 1 is 1.27 bits per heavy atom. The average Bonchev–Trinajstić information content (AvgIpc) is 3.10. The zero-order chi connectivity index (χ0) is 18.6. The summed E-state index contributed by atoms with van der Waals surface area (Å²) in [6.07, 6.45) is 4.66. The molecule has 0 spiro atoms. The van der Waals surface area contributed by atoms with Gasteiger partial charge in [0.1, 0.15) is 9.90 Å². The quantitative estimate of drug-likeness (QED) is 0.819. The van der Waals surface area contributed by atoms with Crippen molar-refractivity contribution < 1.29 is 13.2 Å². The Bertz CT molecular complexity index is 847. The van der Waals surface area contributed by atoms with E-state index in [1.54, 1.807) is 11.0 Å².